The maximum absolute atomic E-state index is 14.1. The van der Waals surface area contributed by atoms with E-state index in [1.54, 1.807) is 6.07 Å². The number of primary amides is 1. The first-order valence-corrected chi connectivity index (χ1v) is 16.1. The molecule has 2 saturated carbocycles. The number of hydrogen-bond acceptors (Lipinski definition) is 5. The van der Waals surface area contributed by atoms with Crippen molar-refractivity contribution in [2.24, 2.45) is 17.6 Å². The lowest BCUT2D eigenvalue weighted by Gasteiger charge is -2.44. The molecule has 230 valence electrons. The second-order valence-corrected chi connectivity index (χ2v) is 13.8. The summed E-state index contributed by atoms with van der Waals surface area (Å²) in [5.41, 5.74) is 10.6. The highest BCUT2D eigenvalue weighted by Gasteiger charge is 2.54. The van der Waals surface area contributed by atoms with Crippen LogP contribution < -0.4 is 10.6 Å². The molecule has 3 atom stereocenters. The van der Waals surface area contributed by atoms with Crippen LogP contribution in [0.15, 0.2) is 12.1 Å². The van der Waals surface area contributed by atoms with Gasteiger partial charge in [-0.2, -0.15) is 5.10 Å². The number of anilines is 1. The minimum Gasteiger partial charge on any atom is -0.370 e. The quantitative estimate of drug-likeness (QED) is 0.553. The molecule has 9 nitrogen and oxygen atoms in total. The van der Waals surface area contributed by atoms with Gasteiger partial charge in [0.25, 0.3) is 5.91 Å². The number of fused-ring (bicyclic) bond motifs is 3. The van der Waals surface area contributed by atoms with E-state index in [4.69, 9.17) is 10.8 Å². The van der Waals surface area contributed by atoms with Crippen LogP contribution in [0.5, 0.6) is 0 Å². The number of amides is 3. The van der Waals surface area contributed by atoms with Crippen LogP contribution in [0.25, 0.3) is 0 Å². The average molecular weight is 591 g/mol. The van der Waals surface area contributed by atoms with Crippen LogP contribution >= 0.6 is 0 Å². The molecule has 2 saturated heterocycles. The molecule has 43 heavy (non-hydrogen) atoms. The van der Waals surface area contributed by atoms with Gasteiger partial charge >= 0.3 is 0 Å². The van der Waals surface area contributed by atoms with E-state index in [-0.39, 0.29) is 41.5 Å². The van der Waals surface area contributed by atoms with Crippen molar-refractivity contribution >= 4 is 23.4 Å². The number of halogens is 1. The maximum Gasteiger partial charge on any atom is 0.274 e. The number of nitrogens with two attached hydrogens (primary N) is 1. The standard InChI is InChI=1S/C33H43FN6O3/c1-20-21(2)26(7-6-25(20)34)38-13-14-39(33(19-38)9-10-33)29(42)18-40-27-17-23-16-24(23)30(27)31(36-40)32(43)37-11-4-3-5-22(8-12-37)15-28(35)41/h6-7,22-24H,3-5,8-19H2,1-2H3,(H2,35,41)/t22?,23-,24-/m1/s1. The van der Waals surface area contributed by atoms with Crippen molar-refractivity contribution in [3.8, 4) is 0 Å². The largest absolute Gasteiger partial charge is 0.370 e. The molecule has 1 aromatic carbocycles. The van der Waals surface area contributed by atoms with E-state index in [1.165, 1.54) is 0 Å². The third-order valence-corrected chi connectivity index (χ3v) is 11.0. The summed E-state index contributed by atoms with van der Waals surface area (Å²) < 4.78 is 16.0. The van der Waals surface area contributed by atoms with Crippen LogP contribution in [0.3, 0.4) is 0 Å². The highest BCUT2D eigenvalue weighted by atomic mass is 19.1. The molecule has 2 aliphatic heterocycles. The number of carbonyl (C=O) groups excluding carboxylic acids is 3. The van der Waals surface area contributed by atoms with E-state index >= 15 is 0 Å². The second-order valence-electron chi connectivity index (χ2n) is 13.8. The van der Waals surface area contributed by atoms with Gasteiger partial charge in [0.05, 0.1) is 5.54 Å². The Kier molecular flexibility index (Phi) is 7.01. The van der Waals surface area contributed by atoms with E-state index in [9.17, 15) is 18.8 Å². The van der Waals surface area contributed by atoms with E-state index < -0.39 is 0 Å². The Morgan fingerprint density at radius 1 is 1.05 bits per heavy atom. The van der Waals surface area contributed by atoms with Crippen LogP contribution in [0, 0.1) is 31.5 Å². The van der Waals surface area contributed by atoms with E-state index in [0.717, 1.165) is 80.4 Å². The first kappa shape index (κ1) is 28.3. The van der Waals surface area contributed by atoms with E-state index in [0.29, 0.717) is 55.7 Å². The number of benzene rings is 1. The Hall–Kier alpha value is -3.43. The minimum atomic E-state index is -0.278. The SMILES string of the molecule is Cc1c(F)ccc(N2CCN(C(=O)Cn3nc(C(=O)N4CCCCC(CC(N)=O)CC4)c4c3C[C@H]3C[C@@H]43)C3(CC3)C2)c1C. The lowest BCUT2D eigenvalue weighted by atomic mass is 9.92. The summed E-state index contributed by atoms with van der Waals surface area (Å²) in [6.45, 7) is 7.32. The van der Waals surface area contributed by atoms with Gasteiger partial charge in [0.2, 0.25) is 11.8 Å². The summed E-state index contributed by atoms with van der Waals surface area (Å²) >= 11 is 0. The predicted molar refractivity (Wildman–Crippen MR) is 160 cm³/mol. The van der Waals surface area contributed by atoms with Crippen LogP contribution in [-0.4, -0.2) is 75.6 Å². The van der Waals surface area contributed by atoms with Gasteiger partial charge in [-0.05, 0) is 99.8 Å². The minimum absolute atomic E-state index is 0.0352. The van der Waals surface area contributed by atoms with Gasteiger partial charge < -0.3 is 20.4 Å². The van der Waals surface area contributed by atoms with Crippen molar-refractivity contribution in [1.29, 1.82) is 0 Å². The van der Waals surface area contributed by atoms with Crippen molar-refractivity contribution < 1.29 is 18.8 Å². The maximum atomic E-state index is 14.1. The fraction of sp³-hybridized carbons (Fsp3) is 0.636. The van der Waals surface area contributed by atoms with Gasteiger partial charge in [-0.1, -0.05) is 6.42 Å². The molecule has 0 bridgehead atoms. The molecule has 7 rings (SSSR count). The van der Waals surface area contributed by atoms with Crippen LogP contribution in [-0.2, 0) is 22.6 Å². The van der Waals surface area contributed by atoms with Gasteiger partial charge in [-0.15, -0.1) is 0 Å². The molecule has 10 heteroatoms. The number of hydrogen-bond donors (Lipinski definition) is 1. The fourth-order valence-corrected chi connectivity index (χ4v) is 8.13. The number of piperazine rings is 1. The summed E-state index contributed by atoms with van der Waals surface area (Å²) in [5, 5.41) is 4.86. The van der Waals surface area contributed by atoms with Gasteiger partial charge in [-0.3, -0.25) is 19.1 Å². The molecule has 4 fully saturated rings. The Morgan fingerprint density at radius 2 is 1.86 bits per heavy atom. The highest BCUT2D eigenvalue weighted by molar-refractivity contribution is 5.95. The zero-order valence-electron chi connectivity index (χ0n) is 25.4. The summed E-state index contributed by atoms with van der Waals surface area (Å²) in [4.78, 5) is 45.6. The highest BCUT2D eigenvalue weighted by Crippen LogP contribution is 2.57. The average Bonchev–Trinajstić information content (AvgIpc) is 3.84. The summed E-state index contributed by atoms with van der Waals surface area (Å²) in [7, 11) is 0. The normalized spacial score (nSPS) is 25.7. The first-order chi connectivity index (χ1) is 20.6. The van der Waals surface area contributed by atoms with E-state index in [1.807, 2.05) is 29.5 Å². The Morgan fingerprint density at radius 3 is 2.63 bits per heavy atom. The molecule has 1 unspecified atom stereocenters. The van der Waals surface area contributed by atoms with Gasteiger partial charge in [0.15, 0.2) is 5.69 Å². The van der Waals surface area contributed by atoms with Crippen LogP contribution in [0.2, 0.25) is 0 Å². The summed E-state index contributed by atoms with van der Waals surface area (Å²) in [6, 6.07) is 3.41. The molecule has 3 heterocycles. The number of carbonyl (C=O) groups is 3. The van der Waals surface area contributed by atoms with Crippen LogP contribution in [0.1, 0.15) is 90.2 Å². The molecule has 1 spiro atoms. The van der Waals surface area contributed by atoms with Gasteiger partial charge in [-0.25, -0.2) is 4.39 Å². The molecule has 2 aromatic rings. The Labute approximate surface area is 252 Å². The molecule has 3 aliphatic carbocycles. The van der Waals surface area contributed by atoms with Gasteiger partial charge in [0.1, 0.15) is 12.4 Å². The molecule has 5 aliphatic rings. The second kappa shape index (κ2) is 10.6. The third-order valence-electron chi connectivity index (χ3n) is 11.0. The third kappa shape index (κ3) is 5.10. The van der Waals surface area contributed by atoms with Gasteiger partial charge in [0, 0.05) is 56.1 Å². The van der Waals surface area contributed by atoms with Crippen molar-refractivity contribution in [2.75, 3.05) is 37.6 Å². The Bertz CT molecular complexity index is 1480. The van der Waals surface area contributed by atoms with Crippen LogP contribution in [0.4, 0.5) is 10.1 Å². The topological polar surface area (TPSA) is 105 Å². The van der Waals surface area contributed by atoms with Crippen molar-refractivity contribution in [3.63, 3.8) is 0 Å². The monoisotopic (exact) mass is 590 g/mol. The Balaban J connectivity index is 1.07. The fourth-order valence-electron chi connectivity index (χ4n) is 8.13. The number of nitrogens with zero attached hydrogens (tertiary/aromatic N) is 5. The first-order valence-electron chi connectivity index (χ1n) is 16.1. The smallest absolute Gasteiger partial charge is 0.274 e. The molecule has 0 radical (unpaired) electrons. The van der Waals surface area contributed by atoms with Crippen molar-refractivity contribution in [1.82, 2.24) is 19.6 Å². The number of likely N-dealkylation sites (tertiary alicyclic amines) is 1. The molecule has 2 N–H and O–H groups in total. The van der Waals surface area contributed by atoms with Crippen molar-refractivity contribution in [2.45, 2.75) is 89.6 Å². The zero-order chi connectivity index (χ0) is 30.0. The molecule has 1 aromatic heterocycles. The van der Waals surface area contributed by atoms with E-state index in [2.05, 4.69) is 9.80 Å². The molecule has 3 amide bonds. The predicted octanol–water partition coefficient (Wildman–Crippen LogP) is 3.69. The number of aromatic nitrogens is 2. The lowest BCUT2D eigenvalue weighted by Crippen LogP contribution is -2.58. The lowest BCUT2D eigenvalue weighted by molar-refractivity contribution is -0.135. The summed E-state index contributed by atoms with van der Waals surface area (Å²) in [6.07, 6.45) is 7.90. The molecular formula is C33H43FN6O3. The summed E-state index contributed by atoms with van der Waals surface area (Å²) in [5.74, 6) is 0.732. The number of rotatable bonds is 6. The van der Waals surface area contributed by atoms with Crippen molar-refractivity contribution in [3.05, 3.63) is 46.0 Å². The zero-order valence-corrected chi connectivity index (χ0v) is 25.4. The molecular weight excluding hydrogens is 547 g/mol.